The summed E-state index contributed by atoms with van der Waals surface area (Å²) in [6, 6.07) is 7.05. The van der Waals surface area contributed by atoms with Gasteiger partial charge in [0.2, 0.25) is 11.7 Å². The zero-order valence-electron chi connectivity index (χ0n) is 15.0. The molecule has 0 aliphatic carbocycles. The second-order valence-corrected chi connectivity index (χ2v) is 6.34. The standard InChI is InChI=1S/C19H18F5N3O/c1-2-13(28)25-11-3-5-12(6-4-11)26-7-9-27(10-8-26)19-17(23)15(21)14(20)16(22)18(19)24/h3-6H,2,7-10H2,1H3,(H,25,28). The van der Waals surface area contributed by atoms with Crippen molar-refractivity contribution in [3.05, 3.63) is 53.4 Å². The zero-order chi connectivity index (χ0) is 20.4. The molecule has 0 atom stereocenters. The molecule has 4 nitrogen and oxygen atoms in total. The molecule has 1 amide bonds. The quantitative estimate of drug-likeness (QED) is 0.479. The minimum atomic E-state index is -2.16. The number of carbonyl (C=O) groups is 1. The minimum absolute atomic E-state index is 0.0900. The lowest BCUT2D eigenvalue weighted by Gasteiger charge is -2.37. The van der Waals surface area contributed by atoms with E-state index < -0.39 is 34.8 Å². The van der Waals surface area contributed by atoms with Gasteiger partial charge in [-0.3, -0.25) is 4.79 Å². The molecule has 1 heterocycles. The first kappa shape index (κ1) is 19.9. The number of amides is 1. The first-order chi connectivity index (χ1) is 13.3. The lowest BCUT2D eigenvalue weighted by Crippen LogP contribution is -2.47. The zero-order valence-corrected chi connectivity index (χ0v) is 15.0. The van der Waals surface area contributed by atoms with Crippen LogP contribution in [0.25, 0.3) is 0 Å². The van der Waals surface area contributed by atoms with E-state index in [0.717, 1.165) is 10.6 Å². The van der Waals surface area contributed by atoms with E-state index in [-0.39, 0.29) is 19.0 Å². The van der Waals surface area contributed by atoms with E-state index in [4.69, 9.17) is 0 Å². The molecule has 0 unspecified atom stereocenters. The van der Waals surface area contributed by atoms with Crippen LogP contribution in [0.2, 0.25) is 0 Å². The van der Waals surface area contributed by atoms with Crippen molar-refractivity contribution in [2.45, 2.75) is 13.3 Å². The molecule has 1 fully saturated rings. The molecule has 0 aromatic heterocycles. The van der Waals surface area contributed by atoms with Gasteiger partial charge in [-0.15, -0.1) is 0 Å². The smallest absolute Gasteiger partial charge is 0.224 e. The number of hydrogen-bond donors (Lipinski definition) is 1. The lowest BCUT2D eigenvalue weighted by atomic mass is 10.2. The van der Waals surface area contributed by atoms with Crippen molar-refractivity contribution in [3.8, 4) is 0 Å². The van der Waals surface area contributed by atoms with Gasteiger partial charge in [-0.05, 0) is 24.3 Å². The topological polar surface area (TPSA) is 35.6 Å². The fraction of sp³-hybridized carbons (Fsp3) is 0.316. The Morgan fingerprint density at radius 1 is 0.821 bits per heavy atom. The van der Waals surface area contributed by atoms with Crippen LogP contribution >= 0.6 is 0 Å². The van der Waals surface area contributed by atoms with Crippen LogP contribution in [-0.4, -0.2) is 32.1 Å². The van der Waals surface area contributed by atoms with Crippen molar-refractivity contribution in [2.24, 2.45) is 0 Å². The van der Waals surface area contributed by atoms with Crippen molar-refractivity contribution >= 4 is 23.0 Å². The maximum Gasteiger partial charge on any atom is 0.224 e. The van der Waals surface area contributed by atoms with Crippen LogP contribution < -0.4 is 15.1 Å². The summed E-state index contributed by atoms with van der Waals surface area (Å²) >= 11 is 0. The Kier molecular flexibility index (Phi) is 5.71. The van der Waals surface area contributed by atoms with E-state index in [1.807, 2.05) is 4.90 Å². The summed E-state index contributed by atoms with van der Waals surface area (Å²) in [6.07, 6.45) is 0.363. The summed E-state index contributed by atoms with van der Waals surface area (Å²) in [5.74, 6) is -9.79. The van der Waals surface area contributed by atoms with Crippen LogP contribution in [0.5, 0.6) is 0 Å². The fourth-order valence-corrected chi connectivity index (χ4v) is 3.06. The van der Waals surface area contributed by atoms with Crippen molar-refractivity contribution in [3.63, 3.8) is 0 Å². The van der Waals surface area contributed by atoms with Crippen LogP contribution in [-0.2, 0) is 4.79 Å². The van der Waals surface area contributed by atoms with Crippen molar-refractivity contribution in [1.82, 2.24) is 0 Å². The molecule has 150 valence electrons. The number of hydrogen-bond acceptors (Lipinski definition) is 3. The monoisotopic (exact) mass is 399 g/mol. The number of nitrogens with one attached hydrogen (secondary N) is 1. The Morgan fingerprint density at radius 2 is 1.29 bits per heavy atom. The Hall–Kier alpha value is -2.84. The molecule has 3 rings (SSSR count). The molecule has 2 aromatic carbocycles. The lowest BCUT2D eigenvalue weighted by molar-refractivity contribution is -0.115. The molecule has 0 radical (unpaired) electrons. The van der Waals surface area contributed by atoms with Gasteiger partial charge < -0.3 is 15.1 Å². The van der Waals surface area contributed by atoms with E-state index in [1.165, 1.54) is 0 Å². The van der Waals surface area contributed by atoms with Crippen LogP contribution in [0.1, 0.15) is 13.3 Å². The highest BCUT2D eigenvalue weighted by molar-refractivity contribution is 5.90. The second-order valence-electron chi connectivity index (χ2n) is 6.34. The molecule has 0 saturated carbocycles. The first-order valence-electron chi connectivity index (χ1n) is 8.74. The summed E-state index contributed by atoms with van der Waals surface area (Å²) in [7, 11) is 0. The van der Waals surface area contributed by atoms with Gasteiger partial charge in [-0.2, -0.15) is 0 Å². The van der Waals surface area contributed by atoms with Gasteiger partial charge in [-0.1, -0.05) is 6.92 Å². The maximum atomic E-state index is 14.0. The van der Waals surface area contributed by atoms with Gasteiger partial charge in [0.1, 0.15) is 5.69 Å². The third kappa shape index (κ3) is 3.74. The Morgan fingerprint density at radius 3 is 1.79 bits per heavy atom. The van der Waals surface area contributed by atoms with Crippen molar-refractivity contribution < 1.29 is 26.7 Å². The molecule has 2 aromatic rings. The van der Waals surface area contributed by atoms with E-state index in [9.17, 15) is 26.7 Å². The van der Waals surface area contributed by atoms with Gasteiger partial charge in [-0.25, -0.2) is 22.0 Å². The number of rotatable bonds is 4. The SMILES string of the molecule is CCC(=O)Nc1ccc(N2CCN(c3c(F)c(F)c(F)c(F)c3F)CC2)cc1. The highest BCUT2D eigenvalue weighted by Crippen LogP contribution is 2.31. The largest absolute Gasteiger partial charge is 0.368 e. The third-order valence-electron chi connectivity index (χ3n) is 4.62. The summed E-state index contributed by atoms with van der Waals surface area (Å²) in [6.45, 7) is 2.59. The van der Waals surface area contributed by atoms with E-state index in [0.29, 0.717) is 25.2 Å². The predicted molar refractivity (Wildman–Crippen MR) is 96.0 cm³/mol. The van der Waals surface area contributed by atoms with Crippen molar-refractivity contribution in [2.75, 3.05) is 41.3 Å². The van der Waals surface area contributed by atoms with Crippen LogP contribution in [0.15, 0.2) is 24.3 Å². The molecule has 1 aliphatic rings. The van der Waals surface area contributed by atoms with Gasteiger partial charge >= 0.3 is 0 Å². The fourth-order valence-electron chi connectivity index (χ4n) is 3.06. The normalized spacial score (nSPS) is 14.4. The third-order valence-corrected chi connectivity index (χ3v) is 4.62. The number of halogens is 5. The Labute approximate surface area is 158 Å². The summed E-state index contributed by atoms with van der Waals surface area (Å²) < 4.78 is 68.0. The predicted octanol–water partition coefficient (Wildman–Crippen LogP) is 4.06. The van der Waals surface area contributed by atoms with E-state index >= 15 is 0 Å². The summed E-state index contributed by atoms with van der Waals surface area (Å²) in [5.41, 5.74) is 0.580. The van der Waals surface area contributed by atoms with Crippen LogP contribution in [0.3, 0.4) is 0 Å². The first-order valence-corrected chi connectivity index (χ1v) is 8.74. The van der Waals surface area contributed by atoms with E-state index in [2.05, 4.69) is 5.32 Å². The number of anilines is 3. The highest BCUT2D eigenvalue weighted by atomic mass is 19.2. The number of nitrogens with zero attached hydrogens (tertiary/aromatic N) is 2. The molecule has 9 heteroatoms. The van der Waals surface area contributed by atoms with Crippen LogP contribution in [0, 0.1) is 29.1 Å². The van der Waals surface area contributed by atoms with Crippen molar-refractivity contribution in [1.29, 1.82) is 0 Å². The second kappa shape index (κ2) is 8.04. The average Bonchev–Trinajstić information content (AvgIpc) is 2.72. The Bertz CT molecular complexity index is 851. The number of carbonyl (C=O) groups excluding carboxylic acids is 1. The molecule has 1 saturated heterocycles. The molecular formula is C19H18F5N3O. The van der Waals surface area contributed by atoms with E-state index in [1.54, 1.807) is 31.2 Å². The minimum Gasteiger partial charge on any atom is -0.368 e. The van der Waals surface area contributed by atoms with Gasteiger partial charge in [0.25, 0.3) is 0 Å². The molecule has 0 spiro atoms. The van der Waals surface area contributed by atoms with Crippen LogP contribution in [0.4, 0.5) is 39.0 Å². The van der Waals surface area contributed by atoms with Gasteiger partial charge in [0, 0.05) is 44.0 Å². The Balaban J connectivity index is 1.71. The molecule has 0 bridgehead atoms. The summed E-state index contributed by atoms with van der Waals surface area (Å²) in [4.78, 5) is 14.5. The van der Waals surface area contributed by atoms with Gasteiger partial charge in [0.05, 0.1) is 0 Å². The molecule has 1 N–H and O–H groups in total. The molecule has 28 heavy (non-hydrogen) atoms. The molecule has 1 aliphatic heterocycles. The molecular weight excluding hydrogens is 381 g/mol. The number of benzene rings is 2. The highest BCUT2D eigenvalue weighted by Gasteiger charge is 2.30. The average molecular weight is 399 g/mol. The maximum absolute atomic E-state index is 14.0. The summed E-state index contributed by atoms with van der Waals surface area (Å²) in [5, 5.41) is 2.73. The van der Waals surface area contributed by atoms with Gasteiger partial charge in [0.15, 0.2) is 23.3 Å². The number of piperazine rings is 1.